The van der Waals surface area contributed by atoms with Crippen LogP contribution in [0.15, 0.2) is 36.5 Å². The molecule has 0 aliphatic heterocycles. The van der Waals surface area contributed by atoms with E-state index in [1.165, 1.54) is 11.3 Å². The molecule has 1 heterocycles. The predicted octanol–water partition coefficient (Wildman–Crippen LogP) is 5.10. The lowest BCUT2D eigenvalue weighted by Gasteiger charge is -2.32. The zero-order valence-electron chi connectivity index (χ0n) is 14.4. The Balaban J connectivity index is 1.63. The van der Waals surface area contributed by atoms with Gasteiger partial charge in [-0.05, 0) is 36.7 Å². The fraction of sp³-hybridized carbons (Fsp3) is 0.450. The van der Waals surface area contributed by atoms with E-state index in [1.54, 1.807) is 0 Å². The summed E-state index contributed by atoms with van der Waals surface area (Å²) in [5, 5.41) is 12.5. The lowest BCUT2D eigenvalue weighted by molar-refractivity contribution is -0.123. The number of amides is 1. The Hall–Kier alpha value is -2.19. The van der Waals surface area contributed by atoms with Gasteiger partial charge in [0.05, 0.1) is 10.9 Å². The standard InChI is InChI=1S/C20H23N3OS/c1-14-9-10-15(6-5-11-21)12-17(14)19(24)23-20-22-13-18(25-20)16-7-3-2-4-8-16/h2-4,7-8,13-15,17H,5-6,9-10,12H2,1H3,(H,22,23,24)/t14-,15?,17-/m1/s1. The second kappa shape index (κ2) is 8.26. The third-order valence-corrected chi connectivity index (χ3v) is 6.06. The van der Waals surface area contributed by atoms with E-state index in [9.17, 15) is 4.79 Å². The quantitative estimate of drug-likeness (QED) is 0.813. The minimum Gasteiger partial charge on any atom is -0.302 e. The van der Waals surface area contributed by atoms with Gasteiger partial charge in [0.2, 0.25) is 5.91 Å². The molecule has 5 heteroatoms. The molecular weight excluding hydrogens is 330 g/mol. The van der Waals surface area contributed by atoms with E-state index in [0.717, 1.165) is 36.1 Å². The molecule has 1 aromatic carbocycles. The highest BCUT2D eigenvalue weighted by Crippen LogP contribution is 2.37. The normalized spacial score (nSPS) is 23.0. The molecule has 0 radical (unpaired) electrons. The predicted molar refractivity (Wildman–Crippen MR) is 101 cm³/mol. The lowest BCUT2D eigenvalue weighted by atomic mass is 9.73. The van der Waals surface area contributed by atoms with Gasteiger partial charge in [-0.2, -0.15) is 5.26 Å². The van der Waals surface area contributed by atoms with E-state index in [2.05, 4.69) is 23.3 Å². The van der Waals surface area contributed by atoms with Gasteiger partial charge in [0, 0.05) is 18.5 Å². The molecule has 1 amide bonds. The fourth-order valence-corrected chi connectivity index (χ4v) is 4.40. The van der Waals surface area contributed by atoms with Crippen LogP contribution in [-0.2, 0) is 4.79 Å². The van der Waals surface area contributed by atoms with Crippen LogP contribution >= 0.6 is 11.3 Å². The molecule has 25 heavy (non-hydrogen) atoms. The van der Waals surface area contributed by atoms with Gasteiger partial charge >= 0.3 is 0 Å². The number of nitrogens with one attached hydrogen (secondary N) is 1. The minimum atomic E-state index is 0.0153. The van der Waals surface area contributed by atoms with E-state index in [1.807, 2.05) is 36.5 Å². The number of hydrogen-bond donors (Lipinski definition) is 1. The number of nitrogens with zero attached hydrogens (tertiary/aromatic N) is 2. The summed E-state index contributed by atoms with van der Waals surface area (Å²) in [5.41, 5.74) is 1.11. The zero-order chi connectivity index (χ0) is 17.6. The van der Waals surface area contributed by atoms with E-state index < -0.39 is 0 Å². The van der Waals surface area contributed by atoms with Crippen LogP contribution in [0.25, 0.3) is 10.4 Å². The summed E-state index contributed by atoms with van der Waals surface area (Å²) in [7, 11) is 0. The van der Waals surface area contributed by atoms with E-state index in [-0.39, 0.29) is 11.8 Å². The van der Waals surface area contributed by atoms with Crippen LogP contribution in [0.3, 0.4) is 0 Å². The molecule has 3 rings (SSSR count). The largest absolute Gasteiger partial charge is 0.302 e. The number of aromatic nitrogens is 1. The van der Waals surface area contributed by atoms with Crippen molar-refractivity contribution in [1.82, 2.24) is 4.98 Å². The van der Waals surface area contributed by atoms with Crippen LogP contribution in [0, 0.1) is 29.1 Å². The van der Waals surface area contributed by atoms with Crippen molar-refractivity contribution in [2.45, 2.75) is 39.0 Å². The number of carbonyl (C=O) groups excluding carboxylic acids is 1. The summed E-state index contributed by atoms with van der Waals surface area (Å²) in [6, 6.07) is 12.3. The van der Waals surface area contributed by atoms with Crippen LogP contribution < -0.4 is 5.32 Å². The van der Waals surface area contributed by atoms with Gasteiger partial charge in [-0.15, -0.1) is 0 Å². The van der Waals surface area contributed by atoms with E-state index in [4.69, 9.17) is 5.26 Å². The molecule has 1 fully saturated rings. The van der Waals surface area contributed by atoms with Gasteiger partial charge in [0.15, 0.2) is 5.13 Å². The fourth-order valence-electron chi connectivity index (χ4n) is 3.57. The van der Waals surface area contributed by atoms with Crippen molar-refractivity contribution in [3.63, 3.8) is 0 Å². The number of carbonyl (C=O) groups is 1. The smallest absolute Gasteiger partial charge is 0.229 e. The number of rotatable bonds is 5. The summed E-state index contributed by atoms with van der Waals surface area (Å²) in [6.45, 7) is 2.15. The molecule has 0 saturated heterocycles. The molecule has 1 aromatic heterocycles. The van der Waals surface area contributed by atoms with Crippen LogP contribution in [0.1, 0.15) is 39.0 Å². The number of anilines is 1. The molecule has 3 atom stereocenters. The molecule has 0 bridgehead atoms. The Bertz CT molecular complexity index is 750. The van der Waals surface area contributed by atoms with Gasteiger partial charge in [-0.3, -0.25) is 4.79 Å². The Morgan fingerprint density at radius 2 is 2.16 bits per heavy atom. The summed E-state index contributed by atoms with van der Waals surface area (Å²) in [6.07, 6.45) is 6.37. The second-order valence-electron chi connectivity index (χ2n) is 6.84. The highest BCUT2D eigenvalue weighted by Gasteiger charge is 2.32. The maximum Gasteiger partial charge on any atom is 0.229 e. The third kappa shape index (κ3) is 4.46. The molecule has 1 N–H and O–H groups in total. The molecular formula is C20H23N3OS. The Kier molecular flexibility index (Phi) is 5.83. The third-order valence-electron chi connectivity index (χ3n) is 5.10. The highest BCUT2D eigenvalue weighted by molar-refractivity contribution is 7.19. The second-order valence-corrected chi connectivity index (χ2v) is 7.88. The molecule has 1 saturated carbocycles. The maximum atomic E-state index is 12.7. The van der Waals surface area contributed by atoms with Gasteiger partial charge < -0.3 is 5.32 Å². The van der Waals surface area contributed by atoms with Gasteiger partial charge in [0.1, 0.15) is 0 Å². The van der Waals surface area contributed by atoms with Crippen molar-refractivity contribution >= 4 is 22.4 Å². The highest BCUT2D eigenvalue weighted by atomic mass is 32.1. The number of nitriles is 1. The zero-order valence-corrected chi connectivity index (χ0v) is 15.3. The summed E-state index contributed by atoms with van der Waals surface area (Å²) >= 11 is 1.51. The monoisotopic (exact) mass is 353 g/mol. The molecule has 0 spiro atoms. The summed E-state index contributed by atoms with van der Waals surface area (Å²) in [4.78, 5) is 18.2. The van der Waals surface area contributed by atoms with Crippen molar-refractivity contribution < 1.29 is 4.79 Å². The first-order chi connectivity index (χ1) is 12.2. The van der Waals surface area contributed by atoms with E-state index in [0.29, 0.717) is 23.4 Å². The topological polar surface area (TPSA) is 65.8 Å². The van der Waals surface area contributed by atoms with Crippen molar-refractivity contribution in [3.05, 3.63) is 36.5 Å². The van der Waals surface area contributed by atoms with Gasteiger partial charge in [-0.1, -0.05) is 55.0 Å². The molecule has 2 aromatic rings. The molecule has 1 aliphatic carbocycles. The maximum absolute atomic E-state index is 12.7. The molecule has 4 nitrogen and oxygen atoms in total. The van der Waals surface area contributed by atoms with Crippen molar-refractivity contribution in [2.75, 3.05) is 5.32 Å². The molecule has 1 unspecified atom stereocenters. The van der Waals surface area contributed by atoms with Crippen LogP contribution in [0.2, 0.25) is 0 Å². The average molecular weight is 353 g/mol. The number of hydrogen-bond acceptors (Lipinski definition) is 4. The summed E-state index contributed by atoms with van der Waals surface area (Å²) < 4.78 is 0. The van der Waals surface area contributed by atoms with Crippen LogP contribution in [-0.4, -0.2) is 10.9 Å². The van der Waals surface area contributed by atoms with Gasteiger partial charge in [0.25, 0.3) is 0 Å². The first-order valence-electron chi connectivity index (χ1n) is 8.86. The van der Waals surface area contributed by atoms with Crippen molar-refractivity contribution in [1.29, 1.82) is 5.26 Å². The van der Waals surface area contributed by atoms with Gasteiger partial charge in [-0.25, -0.2) is 4.98 Å². The molecule has 1 aliphatic rings. The first-order valence-corrected chi connectivity index (χ1v) is 9.68. The van der Waals surface area contributed by atoms with E-state index >= 15 is 0 Å². The Labute approximate surface area is 152 Å². The Morgan fingerprint density at radius 3 is 2.92 bits per heavy atom. The average Bonchev–Trinajstić information content (AvgIpc) is 3.10. The minimum absolute atomic E-state index is 0.0153. The van der Waals surface area contributed by atoms with Crippen LogP contribution in [0.5, 0.6) is 0 Å². The van der Waals surface area contributed by atoms with Crippen LogP contribution in [0.4, 0.5) is 5.13 Å². The van der Waals surface area contributed by atoms with Crippen molar-refractivity contribution in [2.24, 2.45) is 17.8 Å². The number of thiazole rings is 1. The Morgan fingerprint density at radius 1 is 1.36 bits per heavy atom. The number of benzene rings is 1. The summed E-state index contributed by atoms with van der Waals surface area (Å²) in [5.74, 6) is 0.958. The first kappa shape index (κ1) is 17.6. The molecule has 130 valence electrons. The lowest BCUT2D eigenvalue weighted by Crippen LogP contribution is -2.33. The SMILES string of the molecule is C[C@@H]1CCC(CCC#N)C[C@H]1C(=O)Nc1ncc(-c2ccccc2)s1. The van der Waals surface area contributed by atoms with Crippen molar-refractivity contribution in [3.8, 4) is 16.5 Å².